The molecular weight excluding hydrogens is 503 g/mol. The van der Waals surface area contributed by atoms with E-state index in [2.05, 4.69) is 15.0 Å². The van der Waals surface area contributed by atoms with Crippen LogP contribution in [0.4, 0.5) is 5.82 Å². The van der Waals surface area contributed by atoms with Crippen LogP contribution in [-0.2, 0) is 20.4 Å². The Kier molecular flexibility index (Phi) is 7.81. The number of carboxylic acids is 1. The van der Waals surface area contributed by atoms with Crippen molar-refractivity contribution in [2.45, 2.75) is 37.0 Å². The van der Waals surface area contributed by atoms with E-state index in [1.165, 1.54) is 17.2 Å². The molecule has 2 aromatic rings. The highest BCUT2D eigenvalue weighted by atomic mass is 127. The predicted molar refractivity (Wildman–Crippen MR) is 98.9 cm³/mol. The number of rotatable bonds is 7. The lowest BCUT2D eigenvalue weighted by Crippen LogP contribution is -3.00. The van der Waals surface area contributed by atoms with Gasteiger partial charge in [0.25, 0.3) is 0 Å². The zero-order chi connectivity index (χ0) is 19.7. The zero-order valence-electron chi connectivity index (χ0n) is 15.1. The third-order valence-electron chi connectivity index (χ3n) is 4.54. The second kappa shape index (κ2) is 9.49. The zero-order valence-corrected chi connectivity index (χ0v) is 18.0. The van der Waals surface area contributed by atoms with Gasteiger partial charge in [-0.25, -0.2) is 15.0 Å². The van der Waals surface area contributed by atoms with Crippen LogP contribution < -0.4 is 35.4 Å². The average Bonchev–Trinajstić information content (AvgIpc) is 3.17. The Morgan fingerprint density at radius 1 is 1.36 bits per heavy atom. The van der Waals surface area contributed by atoms with E-state index in [0.717, 1.165) is 0 Å². The van der Waals surface area contributed by atoms with Gasteiger partial charge in [-0.1, -0.05) is 0 Å². The van der Waals surface area contributed by atoms with Crippen molar-refractivity contribution in [2.24, 2.45) is 5.73 Å². The number of nitrogens with zero attached hydrogens (tertiary/aromatic N) is 4. The standard InChI is InChI=1S/C15H22N6O5S.HI/c1-27(3-2-7(16)15(24)25)4-8-10(22)11(23)14(26-8)21-6-20-9-12(17)18-5-19-13(9)21;/h5-8,10-11,14,22-23H,2-4,16H2,1H3,(H2-,17,18,19,24,25);1H/t7-,8+,10?,11-,14+,27?;/m0./s1. The van der Waals surface area contributed by atoms with Crippen molar-refractivity contribution >= 4 is 33.8 Å². The summed E-state index contributed by atoms with van der Waals surface area (Å²) in [5.74, 6) is 0.254. The molecule has 1 fully saturated rings. The van der Waals surface area contributed by atoms with Crippen LogP contribution in [0, 0.1) is 0 Å². The number of fused-ring (bicyclic) bond motifs is 1. The molecule has 0 aromatic carbocycles. The van der Waals surface area contributed by atoms with Crippen molar-refractivity contribution in [2.75, 3.05) is 23.5 Å². The van der Waals surface area contributed by atoms with Gasteiger partial charge in [0, 0.05) is 6.42 Å². The molecule has 0 aliphatic carbocycles. The smallest absolute Gasteiger partial charge is 0.320 e. The van der Waals surface area contributed by atoms with E-state index in [4.69, 9.17) is 21.3 Å². The van der Waals surface area contributed by atoms with E-state index in [-0.39, 0.29) is 40.7 Å². The number of halogens is 1. The van der Waals surface area contributed by atoms with Crippen LogP contribution in [0.2, 0.25) is 0 Å². The number of aliphatic hydroxyl groups is 2. The summed E-state index contributed by atoms with van der Waals surface area (Å²) in [5, 5.41) is 29.7. The van der Waals surface area contributed by atoms with Crippen molar-refractivity contribution in [3.05, 3.63) is 12.7 Å². The van der Waals surface area contributed by atoms with E-state index in [1.807, 2.05) is 6.26 Å². The lowest BCUT2D eigenvalue weighted by Gasteiger charge is -2.16. The topological polar surface area (TPSA) is 183 Å². The number of ether oxygens (including phenoxy) is 1. The molecule has 0 bridgehead atoms. The maximum Gasteiger partial charge on any atom is 0.320 e. The normalized spacial score (nSPS) is 26.7. The summed E-state index contributed by atoms with van der Waals surface area (Å²) in [6.07, 6.45) is 1.31. The fourth-order valence-corrected chi connectivity index (χ4v) is 4.63. The third-order valence-corrected chi connectivity index (χ3v) is 6.37. The number of carboxylic acid groups (broad SMARTS) is 1. The van der Waals surface area contributed by atoms with E-state index in [9.17, 15) is 15.0 Å². The quantitative estimate of drug-likeness (QED) is 0.173. The van der Waals surface area contributed by atoms with Crippen LogP contribution in [0.5, 0.6) is 0 Å². The van der Waals surface area contributed by atoms with E-state index >= 15 is 0 Å². The molecule has 7 N–H and O–H groups in total. The van der Waals surface area contributed by atoms with Gasteiger partial charge < -0.3 is 55.5 Å². The van der Waals surface area contributed by atoms with Crippen molar-refractivity contribution in [3.63, 3.8) is 0 Å². The minimum absolute atomic E-state index is 0. The van der Waals surface area contributed by atoms with Gasteiger partial charge in [-0.3, -0.25) is 9.36 Å². The van der Waals surface area contributed by atoms with Gasteiger partial charge >= 0.3 is 5.97 Å². The Morgan fingerprint density at radius 3 is 2.75 bits per heavy atom. The van der Waals surface area contributed by atoms with Gasteiger partial charge in [-0.2, -0.15) is 0 Å². The van der Waals surface area contributed by atoms with Crippen LogP contribution in [0.15, 0.2) is 12.7 Å². The minimum atomic E-state index is -1.16. The monoisotopic (exact) mass is 526 g/mol. The third kappa shape index (κ3) is 4.65. The first-order chi connectivity index (χ1) is 12.8. The van der Waals surface area contributed by atoms with Crippen LogP contribution in [0.3, 0.4) is 0 Å². The number of aliphatic carboxylic acids is 1. The molecule has 0 saturated carbocycles. The molecule has 0 spiro atoms. The number of hydrogen-bond acceptors (Lipinski definition) is 9. The van der Waals surface area contributed by atoms with E-state index in [1.54, 1.807) is 0 Å². The molecule has 3 rings (SSSR count). The molecule has 28 heavy (non-hydrogen) atoms. The molecule has 6 atom stereocenters. The highest BCUT2D eigenvalue weighted by molar-refractivity contribution is 7.96. The molecule has 1 saturated heterocycles. The molecule has 0 radical (unpaired) electrons. The fraction of sp³-hybridized carbons (Fsp3) is 0.600. The molecule has 0 amide bonds. The molecule has 156 valence electrons. The highest BCUT2D eigenvalue weighted by Gasteiger charge is 2.46. The second-order valence-corrected chi connectivity index (χ2v) is 8.82. The van der Waals surface area contributed by atoms with Gasteiger partial charge in [0.1, 0.15) is 47.7 Å². The number of nitrogens with two attached hydrogens (primary N) is 2. The Balaban J connectivity index is 0.00000280. The number of aromatic nitrogens is 4. The number of aliphatic hydroxyl groups excluding tert-OH is 2. The van der Waals surface area contributed by atoms with E-state index < -0.39 is 36.6 Å². The van der Waals surface area contributed by atoms with Gasteiger partial charge in [-0.15, -0.1) is 0 Å². The van der Waals surface area contributed by atoms with Crippen LogP contribution in [0.1, 0.15) is 12.6 Å². The molecule has 2 unspecified atom stereocenters. The number of imidazole rings is 1. The molecule has 2 aromatic heterocycles. The van der Waals surface area contributed by atoms with Crippen LogP contribution >= 0.6 is 0 Å². The number of hydrogen-bond donors (Lipinski definition) is 5. The molecule has 1 aliphatic rings. The minimum Gasteiger partial charge on any atom is -1.00 e. The van der Waals surface area contributed by atoms with Crippen LogP contribution in [0.25, 0.3) is 11.2 Å². The summed E-state index contributed by atoms with van der Waals surface area (Å²) in [7, 11) is -0.235. The van der Waals surface area contributed by atoms with Gasteiger partial charge in [0.2, 0.25) is 0 Å². The van der Waals surface area contributed by atoms with Gasteiger partial charge in [0.15, 0.2) is 17.7 Å². The molecule has 1 aliphatic heterocycles. The summed E-state index contributed by atoms with van der Waals surface area (Å²) < 4.78 is 7.41. The first kappa shape index (κ1) is 23.0. The number of anilines is 1. The fourth-order valence-electron chi connectivity index (χ4n) is 2.97. The van der Waals surface area contributed by atoms with Crippen molar-refractivity contribution < 1.29 is 48.8 Å². The Bertz CT molecular complexity index is 825. The summed E-state index contributed by atoms with van der Waals surface area (Å²) in [5.41, 5.74) is 12.1. The second-order valence-electron chi connectivity index (χ2n) is 6.51. The lowest BCUT2D eigenvalue weighted by molar-refractivity contribution is -0.138. The molecule has 11 nitrogen and oxygen atoms in total. The number of nitrogen functional groups attached to an aromatic ring is 1. The SMILES string of the molecule is C[S+](CC[C@H](N)C(=O)O)C[C@H]1O[C@@H](n2cnc3c(N)ncnc32)[C@@H](O)C1O.[I-]. The largest absolute Gasteiger partial charge is 1.00 e. The average molecular weight is 526 g/mol. The lowest BCUT2D eigenvalue weighted by atomic mass is 10.1. The Morgan fingerprint density at radius 2 is 2.07 bits per heavy atom. The van der Waals surface area contributed by atoms with Crippen LogP contribution in [-0.4, -0.2) is 82.9 Å². The summed E-state index contributed by atoms with van der Waals surface area (Å²) >= 11 is 0. The van der Waals surface area contributed by atoms with Crippen molar-refractivity contribution in [1.29, 1.82) is 0 Å². The predicted octanol–water partition coefficient (Wildman–Crippen LogP) is -4.92. The van der Waals surface area contributed by atoms with Gasteiger partial charge in [-0.05, 0) is 10.9 Å². The molecule has 3 heterocycles. The summed E-state index contributed by atoms with van der Waals surface area (Å²) in [6.45, 7) is 0. The highest BCUT2D eigenvalue weighted by Crippen LogP contribution is 2.32. The summed E-state index contributed by atoms with van der Waals surface area (Å²) in [6, 6.07) is -0.907. The maximum atomic E-state index is 10.8. The Labute approximate surface area is 180 Å². The van der Waals surface area contributed by atoms with Gasteiger partial charge in [0.05, 0.1) is 12.6 Å². The maximum absolute atomic E-state index is 10.8. The van der Waals surface area contributed by atoms with E-state index in [0.29, 0.717) is 29.1 Å². The molecular formula is C15H23IN6O5S. The first-order valence-electron chi connectivity index (χ1n) is 8.31. The first-order valence-corrected chi connectivity index (χ1v) is 10.3. The molecule has 13 heteroatoms. The van der Waals surface area contributed by atoms with Crippen molar-refractivity contribution in [3.8, 4) is 0 Å². The van der Waals surface area contributed by atoms with Crippen molar-refractivity contribution in [1.82, 2.24) is 19.5 Å². The summed E-state index contributed by atoms with van der Waals surface area (Å²) in [4.78, 5) is 23.0. The Hall–Kier alpha value is -1.26. The number of carbonyl (C=O) groups is 1.